The van der Waals surface area contributed by atoms with Crippen LogP contribution in [0.2, 0.25) is 0 Å². The molecule has 98 valence electrons. The summed E-state index contributed by atoms with van der Waals surface area (Å²) in [7, 11) is 0.122. The van der Waals surface area contributed by atoms with Gasteiger partial charge in [0, 0.05) is 10.9 Å². The molecule has 4 heteroatoms. The average molecular weight is 276 g/mol. The summed E-state index contributed by atoms with van der Waals surface area (Å²) < 4.78 is 13.2. The van der Waals surface area contributed by atoms with Gasteiger partial charge in [0.25, 0.3) is 0 Å². The summed E-state index contributed by atoms with van der Waals surface area (Å²) in [5, 5.41) is 11.5. The number of hydrogen-bond donors (Lipinski definition) is 1. The molecule has 0 bridgehead atoms. The smallest absolute Gasteiger partial charge is 0.160 e. The largest absolute Gasteiger partial charge is 0.507 e. The minimum atomic E-state index is -0.424. The Labute approximate surface area is 113 Å². The quantitative estimate of drug-likeness (QED) is 0.691. The van der Waals surface area contributed by atoms with Crippen molar-refractivity contribution in [2.24, 2.45) is 0 Å². The van der Waals surface area contributed by atoms with Gasteiger partial charge in [0.05, 0.1) is 0 Å². The molecule has 0 saturated heterocycles. The third kappa shape index (κ3) is 2.99. The number of para-hydroxylation sites is 1. The van der Waals surface area contributed by atoms with Gasteiger partial charge in [-0.25, -0.2) is 4.39 Å². The molecular weight excluding hydrogens is 262 g/mol. The van der Waals surface area contributed by atoms with E-state index in [9.17, 15) is 14.3 Å². The molecule has 1 atom stereocenters. The Bertz CT molecular complexity index is 638. The van der Waals surface area contributed by atoms with Gasteiger partial charge in [0.1, 0.15) is 11.6 Å². The highest BCUT2D eigenvalue weighted by Gasteiger charge is 2.11. The third-order valence-electron chi connectivity index (χ3n) is 2.87. The van der Waals surface area contributed by atoms with E-state index in [1.54, 1.807) is 6.07 Å². The molecule has 19 heavy (non-hydrogen) atoms. The lowest BCUT2D eigenvalue weighted by molar-refractivity contribution is 0.101. The molecule has 1 unspecified atom stereocenters. The molecule has 0 heterocycles. The van der Waals surface area contributed by atoms with E-state index in [0.29, 0.717) is 5.56 Å². The van der Waals surface area contributed by atoms with Crippen molar-refractivity contribution in [1.29, 1.82) is 0 Å². The molecular formula is C15H14FO2P. The van der Waals surface area contributed by atoms with Gasteiger partial charge in [-0.3, -0.25) is 4.79 Å². The normalized spacial score (nSPS) is 11.1. The molecule has 0 amide bonds. The van der Waals surface area contributed by atoms with Crippen molar-refractivity contribution in [3.8, 4) is 5.75 Å². The average Bonchev–Trinajstić information content (AvgIpc) is 2.36. The van der Waals surface area contributed by atoms with Crippen LogP contribution in [0.1, 0.15) is 22.8 Å². The molecule has 2 nitrogen and oxygen atoms in total. The molecule has 2 aromatic carbocycles. The van der Waals surface area contributed by atoms with Crippen molar-refractivity contribution < 1.29 is 14.3 Å². The number of hydrogen-bond acceptors (Lipinski definition) is 2. The molecule has 0 saturated carbocycles. The van der Waals surface area contributed by atoms with Crippen molar-refractivity contribution in [3.05, 3.63) is 53.3 Å². The number of rotatable bonds is 3. The van der Waals surface area contributed by atoms with E-state index < -0.39 is 5.82 Å². The van der Waals surface area contributed by atoms with E-state index in [1.165, 1.54) is 19.1 Å². The van der Waals surface area contributed by atoms with Crippen LogP contribution >= 0.6 is 8.58 Å². The first-order chi connectivity index (χ1) is 8.99. The first-order valence-corrected chi connectivity index (χ1v) is 6.85. The van der Waals surface area contributed by atoms with E-state index in [0.717, 1.165) is 16.2 Å². The van der Waals surface area contributed by atoms with Gasteiger partial charge in [-0.15, -0.1) is 0 Å². The van der Waals surface area contributed by atoms with Crippen molar-refractivity contribution in [3.63, 3.8) is 0 Å². The second-order valence-corrected chi connectivity index (χ2v) is 5.67. The minimum absolute atomic E-state index is 0.122. The highest BCUT2D eigenvalue weighted by molar-refractivity contribution is 7.56. The number of ketones is 1. The van der Waals surface area contributed by atoms with Gasteiger partial charge in [-0.1, -0.05) is 32.8 Å². The molecule has 0 aliphatic rings. The molecule has 0 radical (unpaired) electrons. The number of halogens is 1. The highest BCUT2D eigenvalue weighted by Crippen LogP contribution is 2.23. The standard InChI is InChI=1S/C15H14FO2P/c1-9-4-3-5-14(15(9)18)19-13-7-6-11(16)8-12(13)10(2)17/h3-8,18-19H,1-2H3. The fourth-order valence-corrected chi connectivity index (χ4v) is 3.16. The number of carbonyl (C=O) groups excluding carboxylic acids is 1. The van der Waals surface area contributed by atoms with Crippen LogP contribution in [0.25, 0.3) is 0 Å². The van der Waals surface area contributed by atoms with E-state index >= 15 is 0 Å². The summed E-state index contributed by atoms with van der Waals surface area (Å²) in [6, 6.07) is 9.67. The maximum atomic E-state index is 13.2. The van der Waals surface area contributed by atoms with Crippen LogP contribution < -0.4 is 10.6 Å². The predicted octanol–water partition coefficient (Wildman–Crippen LogP) is 2.67. The number of aryl methyl sites for hydroxylation is 1. The fourth-order valence-electron chi connectivity index (χ4n) is 1.82. The number of carbonyl (C=O) groups is 1. The van der Waals surface area contributed by atoms with Gasteiger partial charge in [-0.2, -0.15) is 0 Å². The van der Waals surface area contributed by atoms with Gasteiger partial charge in [0.2, 0.25) is 0 Å². The van der Waals surface area contributed by atoms with E-state index in [4.69, 9.17) is 0 Å². The summed E-state index contributed by atoms with van der Waals surface area (Å²) in [6.07, 6.45) is 0. The third-order valence-corrected chi connectivity index (χ3v) is 4.25. The van der Waals surface area contributed by atoms with E-state index in [-0.39, 0.29) is 20.1 Å². The Hall–Kier alpha value is -1.73. The Balaban J connectivity index is 2.44. The number of benzene rings is 2. The summed E-state index contributed by atoms with van der Waals surface area (Å²) in [5.41, 5.74) is 1.16. The second kappa shape index (κ2) is 5.50. The van der Waals surface area contributed by atoms with Crippen molar-refractivity contribution in [1.82, 2.24) is 0 Å². The number of phenols is 1. The molecule has 0 spiro atoms. The molecule has 0 aliphatic carbocycles. The molecule has 2 rings (SSSR count). The first-order valence-electron chi connectivity index (χ1n) is 5.85. The van der Waals surface area contributed by atoms with Crippen LogP contribution in [0.5, 0.6) is 5.75 Å². The molecule has 0 aliphatic heterocycles. The lowest BCUT2D eigenvalue weighted by Gasteiger charge is -2.10. The summed E-state index contributed by atoms with van der Waals surface area (Å²) in [4.78, 5) is 11.5. The highest BCUT2D eigenvalue weighted by atomic mass is 31.1. The summed E-state index contributed by atoms with van der Waals surface area (Å²) in [5.74, 6) is -0.360. The van der Waals surface area contributed by atoms with Crippen molar-refractivity contribution in [2.45, 2.75) is 13.8 Å². The molecule has 0 fully saturated rings. The molecule has 1 N–H and O–H groups in total. The maximum absolute atomic E-state index is 13.2. The van der Waals surface area contributed by atoms with Crippen LogP contribution in [0, 0.1) is 12.7 Å². The maximum Gasteiger partial charge on any atom is 0.160 e. The molecule has 2 aromatic rings. The zero-order valence-electron chi connectivity index (χ0n) is 10.7. The fraction of sp³-hybridized carbons (Fsp3) is 0.133. The van der Waals surface area contributed by atoms with Gasteiger partial charge >= 0.3 is 0 Å². The number of aromatic hydroxyl groups is 1. The predicted molar refractivity (Wildman–Crippen MR) is 76.8 cm³/mol. The van der Waals surface area contributed by atoms with Crippen LogP contribution in [0.4, 0.5) is 4.39 Å². The minimum Gasteiger partial charge on any atom is -0.507 e. The SMILES string of the molecule is CC(=O)c1cc(F)ccc1Pc1cccc(C)c1O. The summed E-state index contributed by atoms with van der Waals surface area (Å²) in [6.45, 7) is 3.23. The Morgan fingerprint density at radius 2 is 1.95 bits per heavy atom. The summed E-state index contributed by atoms with van der Waals surface area (Å²) >= 11 is 0. The number of phenolic OH excluding ortho intramolecular Hbond substituents is 1. The first kappa shape index (κ1) is 13.7. The van der Waals surface area contributed by atoms with Gasteiger partial charge in [-0.05, 0) is 36.8 Å². The number of Topliss-reactive ketones (excluding diaryl/α,β-unsaturated/α-hetero) is 1. The van der Waals surface area contributed by atoms with Gasteiger partial charge < -0.3 is 5.11 Å². The van der Waals surface area contributed by atoms with Crippen LogP contribution in [-0.4, -0.2) is 10.9 Å². The van der Waals surface area contributed by atoms with Crippen LogP contribution in [-0.2, 0) is 0 Å². The monoisotopic (exact) mass is 276 g/mol. The zero-order chi connectivity index (χ0) is 14.0. The van der Waals surface area contributed by atoms with E-state index in [2.05, 4.69) is 0 Å². The van der Waals surface area contributed by atoms with Crippen LogP contribution in [0.3, 0.4) is 0 Å². The Kier molecular flexibility index (Phi) is 3.96. The van der Waals surface area contributed by atoms with Crippen molar-refractivity contribution in [2.75, 3.05) is 0 Å². The lowest BCUT2D eigenvalue weighted by atomic mass is 10.1. The molecule has 0 aromatic heterocycles. The van der Waals surface area contributed by atoms with Crippen molar-refractivity contribution >= 4 is 25.0 Å². The van der Waals surface area contributed by atoms with Gasteiger partial charge in [0.15, 0.2) is 5.78 Å². The lowest BCUT2D eigenvalue weighted by Crippen LogP contribution is -2.13. The Morgan fingerprint density at radius 1 is 1.21 bits per heavy atom. The van der Waals surface area contributed by atoms with Crippen LogP contribution in [0.15, 0.2) is 36.4 Å². The topological polar surface area (TPSA) is 37.3 Å². The Morgan fingerprint density at radius 3 is 2.63 bits per heavy atom. The second-order valence-electron chi connectivity index (χ2n) is 4.34. The zero-order valence-corrected chi connectivity index (χ0v) is 11.7. The van der Waals surface area contributed by atoms with E-state index in [1.807, 2.05) is 25.1 Å².